The largest absolute Gasteiger partial charge is 0.270 e. The van der Waals surface area contributed by atoms with Gasteiger partial charge in [-0.25, -0.2) is 21.1 Å². The Hall–Kier alpha value is -1.61. The Morgan fingerprint density at radius 3 is 2.39 bits per heavy atom. The van der Waals surface area contributed by atoms with Gasteiger partial charge in [-0.2, -0.15) is 0 Å². The summed E-state index contributed by atoms with van der Waals surface area (Å²) >= 11 is 12.1. The first-order valence-electron chi connectivity index (χ1n) is 6.09. The number of rotatable bonds is 2. The number of benzene rings is 1. The summed E-state index contributed by atoms with van der Waals surface area (Å²) in [5.41, 5.74) is 0.491. The number of aromatic nitrogens is 1. The number of sulfonamides is 1. The summed E-state index contributed by atoms with van der Waals surface area (Å²) in [6.45, 7) is 0. The van der Waals surface area contributed by atoms with E-state index in [0.29, 0.717) is 15.9 Å². The van der Waals surface area contributed by atoms with Crippen LogP contribution in [0, 0.1) is 0 Å². The average molecular weight is 391 g/mol. The van der Waals surface area contributed by atoms with E-state index < -0.39 is 19.9 Å². The van der Waals surface area contributed by atoms with E-state index in [9.17, 15) is 16.8 Å². The second kappa shape index (κ2) is 5.48. The fourth-order valence-electron chi connectivity index (χ4n) is 1.95. The molecular formula is C13H8Cl2N2O4S2. The molecule has 0 saturated carbocycles. The third-order valence-corrected chi connectivity index (χ3v) is 6.50. The van der Waals surface area contributed by atoms with Crippen LogP contribution in [0.25, 0.3) is 10.9 Å². The van der Waals surface area contributed by atoms with Crippen LogP contribution < -0.4 is 0 Å². The maximum Gasteiger partial charge on any atom is 0.270 e. The van der Waals surface area contributed by atoms with Gasteiger partial charge in [0.1, 0.15) is 4.90 Å². The number of halogens is 2. The third kappa shape index (κ3) is 2.94. The lowest BCUT2D eigenvalue weighted by Crippen LogP contribution is -2.23. The summed E-state index contributed by atoms with van der Waals surface area (Å²) < 4.78 is 48.6. The number of pyridine rings is 1. The van der Waals surface area contributed by atoms with Crippen molar-refractivity contribution in [3.05, 3.63) is 57.7 Å². The van der Waals surface area contributed by atoms with E-state index in [0.717, 1.165) is 33.7 Å². The van der Waals surface area contributed by atoms with Crippen LogP contribution in [0.3, 0.4) is 0 Å². The van der Waals surface area contributed by atoms with Crippen LogP contribution in [0.5, 0.6) is 0 Å². The van der Waals surface area contributed by atoms with Crippen molar-refractivity contribution in [2.75, 3.05) is 0 Å². The van der Waals surface area contributed by atoms with Crippen LogP contribution >= 0.6 is 23.2 Å². The summed E-state index contributed by atoms with van der Waals surface area (Å²) in [6.07, 6.45) is 2.99. The van der Waals surface area contributed by atoms with Crippen LogP contribution in [0.2, 0.25) is 10.0 Å². The molecule has 0 spiro atoms. The van der Waals surface area contributed by atoms with E-state index in [1.165, 1.54) is 6.07 Å². The van der Waals surface area contributed by atoms with Crippen LogP contribution in [-0.4, -0.2) is 26.1 Å². The van der Waals surface area contributed by atoms with Gasteiger partial charge in [-0.15, -0.1) is 0 Å². The Morgan fingerprint density at radius 2 is 1.74 bits per heavy atom. The molecule has 0 radical (unpaired) electrons. The molecule has 1 aliphatic heterocycles. The minimum atomic E-state index is -4.09. The molecule has 0 aliphatic carbocycles. The molecule has 0 amide bonds. The standard InChI is InChI=1S/C13H8Cl2N2O4S2/c14-9-1-2-11-10(7-9)13(15)12(8-16-11)23(20,21)17-3-5-22(18,19)6-4-17/h1-8H. The Kier molecular flexibility index (Phi) is 3.88. The monoisotopic (exact) mass is 390 g/mol. The summed E-state index contributed by atoms with van der Waals surface area (Å²) in [7, 11) is -7.63. The highest BCUT2D eigenvalue weighted by atomic mass is 35.5. The first-order valence-corrected chi connectivity index (χ1v) is 9.90. The average Bonchev–Trinajstić information content (AvgIpc) is 2.47. The van der Waals surface area contributed by atoms with Crippen molar-refractivity contribution in [1.29, 1.82) is 0 Å². The van der Waals surface area contributed by atoms with Crippen molar-refractivity contribution in [1.82, 2.24) is 9.29 Å². The molecule has 120 valence electrons. The Morgan fingerprint density at radius 1 is 1.09 bits per heavy atom. The molecule has 0 N–H and O–H groups in total. The molecule has 3 rings (SSSR count). The van der Waals surface area contributed by atoms with E-state index in [1.54, 1.807) is 12.1 Å². The first kappa shape index (κ1) is 16.3. The van der Waals surface area contributed by atoms with Gasteiger partial charge < -0.3 is 0 Å². The second-order valence-corrected chi connectivity index (χ2v) is 8.94. The summed E-state index contributed by atoms with van der Waals surface area (Å²) in [4.78, 5) is 3.81. The zero-order valence-corrected chi connectivity index (χ0v) is 14.4. The van der Waals surface area contributed by atoms with Gasteiger partial charge in [0.25, 0.3) is 10.0 Å². The normalized spacial score (nSPS) is 16.9. The molecule has 0 bridgehead atoms. The predicted molar refractivity (Wildman–Crippen MR) is 88.0 cm³/mol. The zero-order valence-electron chi connectivity index (χ0n) is 11.2. The van der Waals surface area contributed by atoms with Gasteiger partial charge >= 0.3 is 0 Å². The Balaban J connectivity index is 2.16. The van der Waals surface area contributed by atoms with Crippen LogP contribution in [-0.2, 0) is 19.9 Å². The Labute approximate surface area is 142 Å². The van der Waals surface area contributed by atoms with E-state index >= 15 is 0 Å². The highest BCUT2D eigenvalue weighted by Gasteiger charge is 2.27. The van der Waals surface area contributed by atoms with Crippen molar-refractivity contribution in [3.8, 4) is 0 Å². The fourth-order valence-corrected chi connectivity index (χ4v) is 4.66. The van der Waals surface area contributed by atoms with Crippen molar-refractivity contribution < 1.29 is 16.8 Å². The number of sulfone groups is 1. The third-order valence-electron chi connectivity index (χ3n) is 3.08. The molecule has 2 heterocycles. The van der Waals surface area contributed by atoms with Gasteiger partial charge in [0, 0.05) is 29.0 Å². The quantitative estimate of drug-likeness (QED) is 0.786. The zero-order chi connectivity index (χ0) is 16.8. The molecule has 1 aliphatic rings. The first-order chi connectivity index (χ1) is 10.7. The second-order valence-electron chi connectivity index (χ2n) is 4.59. The van der Waals surface area contributed by atoms with Crippen LogP contribution in [0.15, 0.2) is 52.5 Å². The maximum atomic E-state index is 12.6. The van der Waals surface area contributed by atoms with E-state index in [2.05, 4.69) is 4.98 Å². The highest BCUT2D eigenvalue weighted by Crippen LogP contribution is 2.32. The van der Waals surface area contributed by atoms with E-state index in [-0.39, 0.29) is 9.92 Å². The molecule has 0 unspecified atom stereocenters. The summed E-state index contributed by atoms with van der Waals surface area (Å²) in [5, 5.41) is 2.30. The smallest absolute Gasteiger partial charge is 0.255 e. The minimum Gasteiger partial charge on any atom is -0.255 e. The lowest BCUT2D eigenvalue weighted by atomic mass is 10.2. The molecule has 1 aromatic heterocycles. The van der Waals surface area contributed by atoms with Gasteiger partial charge in [-0.3, -0.25) is 4.98 Å². The molecule has 10 heteroatoms. The Bertz CT molecular complexity index is 1060. The number of fused-ring (bicyclic) bond motifs is 1. The minimum absolute atomic E-state index is 0.0345. The number of hydrogen-bond donors (Lipinski definition) is 0. The molecule has 23 heavy (non-hydrogen) atoms. The fraction of sp³-hybridized carbons (Fsp3) is 0. The molecule has 0 saturated heterocycles. The number of nitrogens with zero attached hydrogens (tertiary/aromatic N) is 2. The van der Waals surface area contributed by atoms with Gasteiger partial charge in [-0.05, 0) is 18.2 Å². The predicted octanol–water partition coefficient (Wildman–Crippen LogP) is 2.90. The molecule has 0 atom stereocenters. The van der Waals surface area contributed by atoms with Gasteiger partial charge in [0.05, 0.1) is 21.4 Å². The topological polar surface area (TPSA) is 84.4 Å². The summed E-state index contributed by atoms with van der Waals surface area (Å²) in [6, 6.07) is 4.74. The van der Waals surface area contributed by atoms with E-state index in [4.69, 9.17) is 23.2 Å². The highest BCUT2D eigenvalue weighted by molar-refractivity contribution is 7.97. The van der Waals surface area contributed by atoms with Gasteiger partial charge in [0.2, 0.25) is 0 Å². The van der Waals surface area contributed by atoms with Crippen molar-refractivity contribution >= 4 is 54.0 Å². The molecule has 2 aromatic rings. The maximum absolute atomic E-state index is 12.6. The van der Waals surface area contributed by atoms with Crippen LogP contribution in [0.1, 0.15) is 0 Å². The summed E-state index contributed by atoms with van der Waals surface area (Å²) in [5.74, 6) is 0. The SMILES string of the molecule is O=S1(=O)C=CN(S(=O)(=O)c2cnc3ccc(Cl)cc3c2Cl)C=C1. The van der Waals surface area contributed by atoms with Crippen molar-refractivity contribution in [2.24, 2.45) is 0 Å². The van der Waals surface area contributed by atoms with Crippen molar-refractivity contribution in [3.63, 3.8) is 0 Å². The van der Waals surface area contributed by atoms with Gasteiger partial charge in [0.15, 0.2) is 9.84 Å². The van der Waals surface area contributed by atoms with Gasteiger partial charge in [-0.1, -0.05) is 23.2 Å². The molecule has 0 fully saturated rings. The molecular weight excluding hydrogens is 383 g/mol. The lowest BCUT2D eigenvalue weighted by Gasteiger charge is -2.19. The van der Waals surface area contributed by atoms with E-state index in [1.807, 2.05) is 0 Å². The molecule has 1 aromatic carbocycles. The van der Waals surface area contributed by atoms with Crippen molar-refractivity contribution in [2.45, 2.75) is 4.90 Å². The number of hydrogen-bond acceptors (Lipinski definition) is 5. The lowest BCUT2D eigenvalue weighted by molar-refractivity contribution is 0.551. The molecule has 6 nitrogen and oxygen atoms in total. The van der Waals surface area contributed by atoms with Crippen LogP contribution in [0.4, 0.5) is 0 Å².